The summed E-state index contributed by atoms with van der Waals surface area (Å²) in [5.74, 6) is 1.12. The summed E-state index contributed by atoms with van der Waals surface area (Å²) in [4.78, 5) is 0. The Kier molecular flexibility index (Phi) is 6.83. The van der Waals surface area contributed by atoms with Crippen LogP contribution in [0.15, 0.2) is 121 Å². The van der Waals surface area contributed by atoms with Gasteiger partial charge in [0.25, 0.3) is 0 Å². The predicted octanol–water partition coefficient (Wildman–Crippen LogP) is 6.56. The number of methoxy groups -OCH3 is 1. The molecule has 0 aromatic heterocycles. The highest BCUT2D eigenvalue weighted by atomic mass is 16.5. The van der Waals surface area contributed by atoms with Crippen LogP contribution in [0.5, 0.6) is 5.75 Å². The number of hydrogen-bond donors (Lipinski definition) is 0. The molecule has 0 N–H and O–H groups in total. The number of hydrogen-bond acceptors (Lipinski definition) is 1. The number of ether oxygens (including phenoxy) is 1. The van der Waals surface area contributed by atoms with Crippen LogP contribution in [0.3, 0.4) is 0 Å². The summed E-state index contributed by atoms with van der Waals surface area (Å²) in [6, 6.07) is 41.5. The van der Waals surface area contributed by atoms with Crippen molar-refractivity contribution in [2.75, 3.05) is 7.11 Å². The monoisotopic (exact) mass is 352 g/mol. The van der Waals surface area contributed by atoms with Crippen molar-refractivity contribution in [2.24, 2.45) is 0 Å². The van der Waals surface area contributed by atoms with Gasteiger partial charge in [-0.05, 0) is 28.8 Å². The quantitative estimate of drug-likeness (QED) is 0.378. The van der Waals surface area contributed by atoms with Gasteiger partial charge in [0.2, 0.25) is 0 Å². The van der Waals surface area contributed by atoms with Crippen molar-refractivity contribution in [3.63, 3.8) is 0 Å². The molecule has 0 amide bonds. The molecule has 0 unspecified atom stereocenters. The molecule has 0 spiro atoms. The third-order valence-electron chi connectivity index (χ3n) is 4.36. The summed E-state index contributed by atoms with van der Waals surface area (Å²) in [6.07, 6.45) is 0. The van der Waals surface area contributed by atoms with Crippen molar-refractivity contribution in [1.82, 2.24) is 0 Å². The summed E-state index contributed by atoms with van der Waals surface area (Å²) in [5, 5.41) is 0. The molecule has 0 aliphatic carbocycles. The minimum Gasteiger partial charge on any atom is -0.497 e. The van der Waals surface area contributed by atoms with Crippen molar-refractivity contribution in [1.29, 1.82) is 0 Å². The minimum absolute atomic E-state index is 0.225. The molecule has 0 aliphatic rings. The van der Waals surface area contributed by atoms with Gasteiger partial charge in [0, 0.05) is 5.92 Å². The Bertz CT molecular complexity index is 836. The zero-order valence-electron chi connectivity index (χ0n) is 15.5. The summed E-state index contributed by atoms with van der Waals surface area (Å²) in [6.45, 7) is 0. The lowest BCUT2D eigenvalue weighted by molar-refractivity contribution is 0.414. The highest BCUT2D eigenvalue weighted by molar-refractivity contribution is 5.45. The van der Waals surface area contributed by atoms with Crippen molar-refractivity contribution in [2.45, 2.75) is 5.92 Å². The Morgan fingerprint density at radius 1 is 0.481 bits per heavy atom. The van der Waals surface area contributed by atoms with Gasteiger partial charge in [-0.2, -0.15) is 0 Å². The van der Waals surface area contributed by atoms with Crippen LogP contribution in [-0.2, 0) is 0 Å². The van der Waals surface area contributed by atoms with Crippen LogP contribution < -0.4 is 4.74 Å². The fourth-order valence-electron chi connectivity index (χ4n) is 3.07. The summed E-state index contributed by atoms with van der Waals surface area (Å²) < 4.78 is 5.38. The lowest BCUT2D eigenvalue weighted by atomic mass is 9.85. The number of rotatable bonds is 4. The third-order valence-corrected chi connectivity index (χ3v) is 4.36. The van der Waals surface area contributed by atoms with E-state index in [0.717, 1.165) is 5.75 Å². The lowest BCUT2D eigenvalue weighted by Gasteiger charge is -2.19. The first-order valence-corrected chi connectivity index (χ1v) is 9.12. The second kappa shape index (κ2) is 9.98. The molecular formula is C26H24O. The average molecular weight is 352 g/mol. The molecule has 1 nitrogen and oxygen atoms in total. The maximum atomic E-state index is 5.38. The zero-order valence-corrected chi connectivity index (χ0v) is 15.5. The van der Waals surface area contributed by atoms with Crippen LogP contribution in [0.25, 0.3) is 0 Å². The molecule has 1 heteroatoms. The molecular weight excluding hydrogens is 328 g/mol. The van der Waals surface area contributed by atoms with Crippen LogP contribution >= 0.6 is 0 Å². The molecule has 4 aromatic carbocycles. The largest absolute Gasteiger partial charge is 0.497 e. The Morgan fingerprint density at radius 2 is 0.889 bits per heavy atom. The van der Waals surface area contributed by atoms with E-state index in [2.05, 4.69) is 72.8 Å². The van der Waals surface area contributed by atoms with E-state index in [1.54, 1.807) is 7.11 Å². The summed E-state index contributed by atoms with van der Waals surface area (Å²) >= 11 is 0. The molecule has 0 heterocycles. The second-order valence-corrected chi connectivity index (χ2v) is 6.19. The van der Waals surface area contributed by atoms with E-state index in [4.69, 9.17) is 4.74 Å². The Hall–Kier alpha value is -3.32. The van der Waals surface area contributed by atoms with E-state index >= 15 is 0 Å². The Balaban J connectivity index is 0.000000299. The minimum atomic E-state index is 0.225. The van der Waals surface area contributed by atoms with E-state index in [-0.39, 0.29) is 5.92 Å². The molecule has 0 atom stereocenters. The molecule has 4 aromatic rings. The topological polar surface area (TPSA) is 9.23 Å². The van der Waals surface area contributed by atoms with Gasteiger partial charge in [-0.25, -0.2) is 0 Å². The number of benzene rings is 4. The Labute approximate surface area is 161 Å². The molecule has 0 saturated heterocycles. The zero-order chi connectivity index (χ0) is 18.7. The van der Waals surface area contributed by atoms with Gasteiger partial charge in [0.15, 0.2) is 0 Å². The van der Waals surface area contributed by atoms with E-state index in [1.165, 1.54) is 16.7 Å². The van der Waals surface area contributed by atoms with Gasteiger partial charge in [0.1, 0.15) is 5.75 Å². The van der Waals surface area contributed by atoms with E-state index in [9.17, 15) is 0 Å². The fourth-order valence-corrected chi connectivity index (χ4v) is 3.07. The van der Waals surface area contributed by atoms with Gasteiger partial charge in [-0.15, -0.1) is 0 Å². The lowest BCUT2D eigenvalue weighted by Crippen LogP contribution is -2.03. The smallest absolute Gasteiger partial charge is 0.119 e. The maximum Gasteiger partial charge on any atom is 0.119 e. The fraction of sp³-hybridized carbons (Fsp3) is 0.0769. The van der Waals surface area contributed by atoms with Crippen LogP contribution in [0.1, 0.15) is 22.6 Å². The normalized spacial score (nSPS) is 10.0. The van der Waals surface area contributed by atoms with Crippen LogP contribution in [0.4, 0.5) is 0 Å². The van der Waals surface area contributed by atoms with E-state index < -0.39 is 0 Å². The van der Waals surface area contributed by atoms with Crippen LogP contribution in [-0.4, -0.2) is 7.11 Å². The SMILES string of the molecule is COc1cccc(C(c2ccccc2)c2ccccc2)c1.c1ccccc1. The van der Waals surface area contributed by atoms with E-state index in [0.29, 0.717) is 0 Å². The third kappa shape index (κ3) is 5.32. The van der Waals surface area contributed by atoms with Crippen LogP contribution in [0, 0.1) is 0 Å². The predicted molar refractivity (Wildman–Crippen MR) is 113 cm³/mol. The molecule has 4 rings (SSSR count). The second-order valence-electron chi connectivity index (χ2n) is 6.19. The van der Waals surface area contributed by atoms with Gasteiger partial charge in [-0.3, -0.25) is 0 Å². The van der Waals surface area contributed by atoms with Gasteiger partial charge in [0.05, 0.1) is 7.11 Å². The molecule has 27 heavy (non-hydrogen) atoms. The Morgan fingerprint density at radius 3 is 1.33 bits per heavy atom. The molecule has 134 valence electrons. The molecule has 0 bridgehead atoms. The van der Waals surface area contributed by atoms with Crippen molar-refractivity contribution in [3.8, 4) is 5.75 Å². The summed E-state index contributed by atoms with van der Waals surface area (Å²) in [5.41, 5.74) is 3.82. The first-order chi connectivity index (χ1) is 13.4. The van der Waals surface area contributed by atoms with Gasteiger partial charge in [-0.1, -0.05) is 109 Å². The molecule has 0 fully saturated rings. The van der Waals surface area contributed by atoms with Gasteiger partial charge >= 0.3 is 0 Å². The van der Waals surface area contributed by atoms with Crippen molar-refractivity contribution >= 4 is 0 Å². The maximum absolute atomic E-state index is 5.38. The average Bonchev–Trinajstić information content (AvgIpc) is 2.77. The molecule has 0 saturated carbocycles. The molecule has 0 aliphatic heterocycles. The van der Waals surface area contributed by atoms with Crippen molar-refractivity contribution < 1.29 is 4.74 Å². The van der Waals surface area contributed by atoms with Crippen molar-refractivity contribution in [3.05, 3.63) is 138 Å². The first kappa shape index (κ1) is 18.5. The molecule has 0 radical (unpaired) electrons. The van der Waals surface area contributed by atoms with Crippen LogP contribution in [0.2, 0.25) is 0 Å². The highest BCUT2D eigenvalue weighted by Gasteiger charge is 2.16. The summed E-state index contributed by atoms with van der Waals surface area (Å²) in [7, 11) is 1.71. The van der Waals surface area contributed by atoms with E-state index in [1.807, 2.05) is 48.5 Å². The standard InChI is InChI=1S/C20H18O.C6H6/c1-21-19-14-8-13-18(15-19)20(16-9-4-2-5-10-16)17-11-6-3-7-12-17;1-2-4-6-5-3-1/h2-15,20H,1H3;1-6H. The first-order valence-electron chi connectivity index (χ1n) is 9.12. The van der Waals surface area contributed by atoms with Gasteiger partial charge < -0.3 is 4.74 Å². The highest BCUT2D eigenvalue weighted by Crippen LogP contribution is 2.33.